The van der Waals surface area contributed by atoms with E-state index in [-0.39, 0.29) is 0 Å². The van der Waals surface area contributed by atoms with Gasteiger partial charge in [0.2, 0.25) is 0 Å². The third-order valence-corrected chi connectivity index (χ3v) is 4.17. The molecule has 1 aliphatic heterocycles. The molecule has 3 heteroatoms. The van der Waals surface area contributed by atoms with Crippen LogP contribution < -0.4 is 5.32 Å². The van der Waals surface area contributed by atoms with Crippen LogP contribution in [0.15, 0.2) is 30.5 Å². The van der Waals surface area contributed by atoms with Gasteiger partial charge in [-0.3, -0.25) is 0 Å². The maximum absolute atomic E-state index is 3.41. The Hall–Kier alpha value is -1.58. The van der Waals surface area contributed by atoms with E-state index in [1.807, 2.05) is 7.05 Å². The fourth-order valence-electron chi connectivity index (χ4n) is 2.87. The highest BCUT2D eigenvalue weighted by Crippen LogP contribution is 2.29. The van der Waals surface area contributed by atoms with Crippen molar-refractivity contribution in [1.29, 1.82) is 0 Å². The topological polar surface area (TPSA) is 31.1 Å². The van der Waals surface area contributed by atoms with Crippen molar-refractivity contribution in [2.75, 3.05) is 33.7 Å². The Kier molecular flexibility index (Phi) is 3.90. The van der Waals surface area contributed by atoms with Crippen molar-refractivity contribution in [3.8, 4) is 0 Å². The summed E-state index contributed by atoms with van der Waals surface area (Å²) in [6.07, 6.45) is 6.76. The normalized spacial score (nSPS) is 16.6. The van der Waals surface area contributed by atoms with E-state index in [2.05, 4.69) is 52.7 Å². The molecule has 2 N–H and O–H groups in total. The molecule has 0 aliphatic carbocycles. The van der Waals surface area contributed by atoms with E-state index < -0.39 is 0 Å². The average molecular weight is 269 g/mol. The van der Waals surface area contributed by atoms with Crippen molar-refractivity contribution in [3.05, 3.63) is 41.6 Å². The van der Waals surface area contributed by atoms with Gasteiger partial charge in [0, 0.05) is 35.8 Å². The van der Waals surface area contributed by atoms with Gasteiger partial charge in [0.15, 0.2) is 0 Å². The van der Waals surface area contributed by atoms with Crippen LogP contribution in [0.3, 0.4) is 0 Å². The predicted molar refractivity (Wildman–Crippen MR) is 86.0 cm³/mol. The van der Waals surface area contributed by atoms with E-state index in [1.54, 1.807) is 0 Å². The van der Waals surface area contributed by atoms with E-state index in [9.17, 15) is 0 Å². The van der Waals surface area contributed by atoms with E-state index in [1.165, 1.54) is 27.6 Å². The number of hydrogen-bond donors (Lipinski definition) is 2. The molecule has 2 heterocycles. The highest BCUT2D eigenvalue weighted by Gasteiger charge is 2.13. The third kappa shape index (κ3) is 2.65. The zero-order valence-electron chi connectivity index (χ0n) is 12.4. The number of nitrogens with zero attached hydrogens (tertiary/aromatic N) is 1. The molecule has 0 saturated carbocycles. The summed E-state index contributed by atoms with van der Waals surface area (Å²) in [6, 6.07) is 6.78. The minimum atomic E-state index is 1.03. The first-order valence-electron chi connectivity index (χ1n) is 7.40. The molecule has 0 atom stereocenters. The molecule has 0 amide bonds. The van der Waals surface area contributed by atoms with Crippen molar-refractivity contribution in [2.45, 2.75) is 12.8 Å². The summed E-state index contributed by atoms with van der Waals surface area (Å²) in [5.41, 5.74) is 5.52. The van der Waals surface area contributed by atoms with Gasteiger partial charge in [0.25, 0.3) is 0 Å². The second-order valence-corrected chi connectivity index (χ2v) is 5.68. The Balaban J connectivity index is 1.94. The highest BCUT2D eigenvalue weighted by atomic mass is 15.1. The first-order chi connectivity index (χ1) is 9.78. The smallest absolute Gasteiger partial charge is 0.0460 e. The molecule has 0 saturated heterocycles. The average Bonchev–Trinajstić information content (AvgIpc) is 2.89. The maximum Gasteiger partial charge on any atom is 0.0460 e. The molecule has 1 aromatic heterocycles. The standard InChI is InChI=1S/C17H23N3/c1-18-8-5-13-3-4-17-15(11-13)16(12-19-17)14-6-9-20(2)10-7-14/h3-4,6,11-12,18-19H,5,7-10H2,1-2H3. The number of aromatic nitrogens is 1. The minimum Gasteiger partial charge on any atom is -0.361 e. The number of benzene rings is 1. The first-order valence-corrected chi connectivity index (χ1v) is 7.40. The Morgan fingerprint density at radius 3 is 3.00 bits per heavy atom. The lowest BCUT2D eigenvalue weighted by Gasteiger charge is -2.21. The van der Waals surface area contributed by atoms with E-state index in [0.29, 0.717) is 0 Å². The SMILES string of the molecule is CNCCc1ccc2[nH]cc(C3=CCN(C)CC3)c2c1. The Morgan fingerprint density at radius 1 is 1.35 bits per heavy atom. The molecule has 0 spiro atoms. The van der Waals surface area contributed by atoms with Gasteiger partial charge < -0.3 is 15.2 Å². The fourth-order valence-corrected chi connectivity index (χ4v) is 2.87. The van der Waals surface area contributed by atoms with Crippen molar-refractivity contribution < 1.29 is 0 Å². The summed E-state index contributed by atoms with van der Waals surface area (Å²) in [7, 11) is 4.18. The zero-order valence-corrected chi connectivity index (χ0v) is 12.4. The van der Waals surface area contributed by atoms with Gasteiger partial charge in [-0.2, -0.15) is 0 Å². The molecule has 106 valence electrons. The molecule has 2 aromatic rings. The van der Waals surface area contributed by atoms with Crippen LogP contribution in [0, 0.1) is 0 Å². The zero-order chi connectivity index (χ0) is 13.9. The van der Waals surface area contributed by atoms with Crippen LogP contribution in [0.4, 0.5) is 0 Å². The Morgan fingerprint density at radius 2 is 2.25 bits per heavy atom. The predicted octanol–water partition coefficient (Wildman–Crippen LogP) is 2.65. The molecule has 3 rings (SSSR count). The molecular formula is C17H23N3. The largest absolute Gasteiger partial charge is 0.361 e. The number of nitrogens with one attached hydrogen (secondary N) is 2. The maximum atomic E-state index is 3.41. The van der Waals surface area contributed by atoms with Gasteiger partial charge in [-0.1, -0.05) is 12.1 Å². The molecule has 0 radical (unpaired) electrons. The van der Waals surface area contributed by atoms with Crippen LogP contribution in [-0.4, -0.2) is 43.6 Å². The summed E-state index contributed by atoms with van der Waals surface area (Å²) in [4.78, 5) is 5.77. The summed E-state index contributed by atoms with van der Waals surface area (Å²) in [6.45, 7) is 3.23. The van der Waals surface area contributed by atoms with E-state index in [0.717, 1.165) is 32.5 Å². The Bertz CT molecular complexity index is 624. The van der Waals surface area contributed by atoms with Crippen molar-refractivity contribution in [1.82, 2.24) is 15.2 Å². The molecule has 20 heavy (non-hydrogen) atoms. The summed E-state index contributed by atoms with van der Waals surface area (Å²) in [5, 5.41) is 4.59. The van der Waals surface area contributed by atoms with Gasteiger partial charge >= 0.3 is 0 Å². The molecule has 3 nitrogen and oxygen atoms in total. The lowest BCUT2D eigenvalue weighted by Crippen LogP contribution is -2.23. The van der Waals surface area contributed by atoms with Gasteiger partial charge in [0.05, 0.1) is 0 Å². The second kappa shape index (κ2) is 5.81. The van der Waals surface area contributed by atoms with Crippen LogP contribution in [0.25, 0.3) is 16.5 Å². The summed E-state index contributed by atoms with van der Waals surface area (Å²) < 4.78 is 0. The molecule has 1 aromatic carbocycles. The van der Waals surface area contributed by atoms with Gasteiger partial charge in [-0.25, -0.2) is 0 Å². The molecule has 0 fully saturated rings. The molecular weight excluding hydrogens is 246 g/mol. The van der Waals surface area contributed by atoms with E-state index in [4.69, 9.17) is 0 Å². The molecule has 0 bridgehead atoms. The van der Waals surface area contributed by atoms with E-state index >= 15 is 0 Å². The summed E-state index contributed by atoms with van der Waals surface area (Å²) in [5.74, 6) is 0. The van der Waals surface area contributed by atoms with Gasteiger partial charge in [-0.05, 0) is 56.8 Å². The molecule has 1 aliphatic rings. The first kappa shape index (κ1) is 13.4. The van der Waals surface area contributed by atoms with Crippen LogP contribution >= 0.6 is 0 Å². The van der Waals surface area contributed by atoms with Gasteiger partial charge in [0.1, 0.15) is 0 Å². The van der Waals surface area contributed by atoms with Crippen molar-refractivity contribution in [3.63, 3.8) is 0 Å². The molecule has 0 unspecified atom stereocenters. The monoisotopic (exact) mass is 269 g/mol. The number of likely N-dealkylation sites (N-methyl/N-ethyl adjacent to an activating group) is 2. The lowest BCUT2D eigenvalue weighted by molar-refractivity contribution is 0.370. The number of rotatable bonds is 4. The number of fused-ring (bicyclic) bond motifs is 1. The quantitative estimate of drug-likeness (QED) is 0.894. The minimum absolute atomic E-state index is 1.03. The Labute approximate surface area is 120 Å². The fraction of sp³-hybridized carbons (Fsp3) is 0.412. The van der Waals surface area contributed by atoms with Crippen LogP contribution in [0.5, 0.6) is 0 Å². The van der Waals surface area contributed by atoms with Crippen LogP contribution in [0.2, 0.25) is 0 Å². The third-order valence-electron chi connectivity index (χ3n) is 4.17. The van der Waals surface area contributed by atoms with Crippen LogP contribution in [0.1, 0.15) is 17.5 Å². The lowest BCUT2D eigenvalue weighted by atomic mass is 9.98. The number of aromatic amines is 1. The summed E-state index contributed by atoms with van der Waals surface area (Å²) >= 11 is 0. The van der Waals surface area contributed by atoms with Crippen molar-refractivity contribution >= 4 is 16.5 Å². The van der Waals surface area contributed by atoms with Gasteiger partial charge in [-0.15, -0.1) is 0 Å². The second-order valence-electron chi connectivity index (χ2n) is 5.68. The highest BCUT2D eigenvalue weighted by molar-refractivity contribution is 5.93. The number of hydrogen-bond acceptors (Lipinski definition) is 2. The van der Waals surface area contributed by atoms with Crippen LogP contribution in [-0.2, 0) is 6.42 Å². The number of H-pyrrole nitrogens is 1. The van der Waals surface area contributed by atoms with Crippen molar-refractivity contribution in [2.24, 2.45) is 0 Å².